The molecule has 9 aromatic carbocycles. The Balaban J connectivity index is 0.989. The van der Waals surface area contributed by atoms with Gasteiger partial charge in [-0.3, -0.25) is 0 Å². The first-order valence-corrected chi connectivity index (χ1v) is 18.8. The normalized spacial score (nSPS) is 11.6. The van der Waals surface area contributed by atoms with Gasteiger partial charge in [-0.15, -0.1) is 0 Å². The van der Waals surface area contributed by atoms with Crippen molar-refractivity contribution in [2.24, 2.45) is 0 Å². The van der Waals surface area contributed by atoms with Gasteiger partial charge in [0.05, 0.1) is 11.0 Å². The lowest BCUT2D eigenvalue weighted by molar-refractivity contribution is 0.669. The Morgan fingerprint density at radius 3 is 1.80 bits per heavy atom. The van der Waals surface area contributed by atoms with Gasteiger partial charge in [0.1, 0.15) is 11.2 Å². The molecule has 11 rings (SSSR count). The number of furan rings is 1. The van der Waals surface area contributed by atoms with E-state index in [-0.39, 0.29) is 0 Å². The highest BCUT2D eigenvalue weighted by Crippen LogP contribution is 2.41. The van der Waals surface area contributed by atoms with Crippen LogP contribution < -0.4 is 4.90 Å². The smallest absolute Gasteiger partial charge is 0.135 e. The third-order valence-corrected chi connectivity index (χ3v) is 11.0. The average Bonchev–Trinajstić information content (AvgIpc) is 3.80. The molecule has 258 valence electrons. The first-order chi connectivity index (χ1) is 27.3. The SMILES string of the molecule is c1ccc(-c2cccc(N(c3ccc(-c4ccc(-n5c6ccccc6c6c7ccccc7ccc65)cc4)cc3)c3ccc4oc5ccccc5c4c3)c2)cc1. The minimum Gasteiger partial charge on any atom is -0.456 e. The fourth-order valence-electron chi connectivity index (χ4n) is 8.38. The van der Waals surface area contributed by atoms with E-state index in [2.05, 4.69) is 204 Å². The van der Waals surface area contributed by atoms with Crippen molar-refractivity contribution in [3.05, 3.63) is 206 Å². The summed E-state index contributed by atoms with van der Waals surface area (Å²) < 4.78 is 8.61. The molecule has 0 bridgehead atoms. The minimum atomic E-state index is 0.885. The summed E-state index contributed by atoms with van der Waals surface area (Å²) in [5.74, 6) is 0. The van der Waals surface area contributed by atoms with Crippen molar-refractivity contribution < 1.29 is 4.42 Å². The quantitative estimate of drug-likeness (QED) is 0.172. The van der Waals surface area contributed by atoms with Crippen LogP contribution in [-0.2, 0) is 0 Å². The molecule has 0 saturated heterocycles. The van der Waals surface area contributed by atoms with Gasteiger partial charge in [-0.25, -0.2) is 0 Å². The van der Waals surface area contributed by atoms with Gasteiger partial charge in [0.15, 0.2) is 0 Å². The van der Waals surface area contributed by atoms with Crippen LogP contribution in [0.15, 0.2) is 211 Å². The number of fused-ring (bicyclic) bond motifs is 8. The van der Waals surface area contributed by atoms with E-state index >= 15 is 0 Å². The van der Waals surface area contributed by atoms with Gasteiger partial charge in [0, 0.05) is 44.3 Å². The lowest BCUT2D eigenvalue weighted by Crippen LogP contribution is -2.10. The molecular formula is C52H34N2O. The predicted molar refractivity (Wildman–Crippen MR) is 231 cm³/mol. The Morgan fingerprint density at radius 2 is 0.964 bits per heavy atom. The predicted octanol–water partition coefficient (Wildman–Crippen LogP) is 14.6. The zero-order valence-corrected chi connectivity index (χ0v) is 29.9. The molecule has 0 spiro atoms. The molecule has 0 radical (unpaired) electrons. The van der Waals surface area contributed by atoms with Crippen LogP contribution >= 0.6 is 0 Å². The summed E-state index contributed by atoms with van der Waals surface area (Å²) in [6, 6.07) is 73.9. The van der Waals surface area contributed by atoms with Crippen molar-refractivity contribution >= 4 is 71.6 Å². The van der Waals surface area contributed by atoms with Crippen LogP contribution in [0.25, 0.3) is 82.5 Å². The van der Waals surface area contributed by atoms with Crippen molar-refractivity contribution in [2.75, 3.05) is 4.90 Å². The van der Waals surface area contributed by atoms with Gasteiger partial charge in [0.2, 0.25) is 0 Å². The van der Waals surface area contributed by atoms with Crippen molar-refractivity contribution in [3.63, 3.8) is 0 Å². The third-order valence-electron chi connectivity index (χ3n) is 11.0. The topological polar surface area (TPSA) is 21.3 Å². The van der Waals surface area contributed by atoms with Gasteiger partial charge in [-0.1, -0.05) is 133 Å². The van der Waals surface area contributed by atoms with Gasteiger partial charge in [-0.05, 0) is 106 Å². The molecule has 0 atom stereocenters. The Bertz CT molecular complexity index is 3190. The number of aromatic nitrogens is 1. The molecular weight excluding hydrogens is 669 g/mol. The van der Waals surface area contributed by atoms with Gasteiger partial charge < -0.3 is 13.9 Å². The molecule has 11 aromatic rings. The van der Waals surface area contributed by atoms with Crippen molar-refractivity contribution in [3.8, 4) is 27.9 Å². The molecule has 0 saturated carbocycles. The number of hydrogen-bond donors (Lipinski definition) is 0. The number of anilines is 3. The lowest BCUT2D eigenvalue weighted by Gasteiger charge is -2.26. The third kappa shape index (κ3) is 5.20. The molecule has 2 aromatic heterocycles. The van der Waals surface area contributed by atoms with E-state index < -0.39 is 0 Å². The molecule has 3 nitrogen and oxygen atoms in total. The van der Waals surface area contributed by atoms with Crippen LogP contribution in [0.2, 0.25) is 0 Å². The molecule has 0 aliphatic carbocycles. The summed E-state index contributed by atoms with van der Waals surface area (Å²) in [6.45, 7) is 0. The maximum absolute atomic E-state index is 6.21. The zero-order chi connectivity index (χ0) is 36.3. The van der Waals surface area contributed by atoms with Crippen molar-refractivity contribution in [1.29, 1.82) is 0 Å². The fourth-order valence-corrected chi connectivity index (χ4v) is 8.38. The molecule has 0 amide bonds. The maximum atomic E-state index is 6.21. The summed E-state index contributed by atoms with van der Waals surface area (Å²) in [5, 5.41) is 7.33. The number of rotatable bonds is 6. The first-order valence-electron chi connectivity index (χ1n) is 18.8. The highest BCUT2D eigenvalue weighted by Gasteiger charge is 2.18. The van der Waals surface area contributed by atoms with E-state index in [1.807, 2.05) is 12.1 Å². The highest BCUT2D eigenvalue weighted by molar-refractivity contribution is 6.21. The summed E-state index contributed by atoms with van der Waals surface area (Å²) in [7, 11) is 0. The van der Waals surface area contributed by atoms with E-state index in [1.165, 1.54) is 49.3 Å². The van der Waals surface area contributed by atoms with Gasteiger partial charge >= 0.3 is 0 Å². The van der Waals surface area contributed by atoms with Gasteiger partial charge in [0.25, 0.3) is 0 Å². The number of nitrogens with zero attached hydrogens (tertiary/aromatic N) is 2. The average molecular weight is 703 g/mol. The fraction of sp³-hybridized carbons (Fsp3) is 0. The second-order valence-electron chi connectivity index (χ2n) is 14.2. The maximum Gasteiger partial charge on any atom is 0.135 e. The van der Waals surface area contributed by atoms with Crippen LogP contribution in [0.4, 0.5) is 17.1 Å². The summed E-state index contributed by atoms with van der Waals surface area (Å²) in [5.41, 5.74) is 13.3. The van der Waals surface area contributed by atoms with E-state index in [4.69, 9.17) is 4.42 Å². The second kappa shape index (κ2) is 12.6. The standard InChI is InChI=1S/C52H34N2O/c1-2-11-35(12-3-1)39-14-10-15-42(33-39)53(43-30-32-51-47(34-43)45-17-7-9-20-50(45)55-51)40-26-21-36(22-27-40)37-23-28-41(29-24-37)54-48-19-8-6-18-46(48)52-44-16-5-4-13-38(44)25-31-49(52)54/h1-34H. The van der Waals surface area contributed by atoms with Crippen LogP contribution in [0, 0.1) is 0 Å². The molecule has 0 aliphatic rings. The molecule has 0 N–H and O–H groups in total. The van der Waals surface area contributed by atoms with E-state index in [1.54, 1.807) is 0 Å². The summed E-state index contributed by atoms with van der Waals surface area (Å²) >= 11 is 0. The first kappa shape index (κ1) is 31.2. The Morgan fingerprint density at radius 1 is 0.345 bits per heavy atom. The number of hydrogen-bond acceptors (Lipinski definition) is 2. The summed E-state index contributed by atoms with van der Waals surface area (Å²) in [4.78, 5) is 2.34. The van der Waals surface area contributed by atoms with E-state index in [0.717, 1.165) is 50.3 Å². The van der Waals surface area contributed by atoms with Crippen molar-refractivity contribution in [2.45, 2.75) is 0 Å². The lowest BCUT2D eigenvalue weighted by atomic mass is 10.0. The molecule has 0 unspecified atom stereocenters. The van der Waals surface area contributed by atoms with Crippen molar-refractivity contribution in [1.82, 2.24) is 4.57 Å². The van der Waals surface area contributed by atoms with Crippen LogP contribution in [0.1, 0.15) is 0 Å². The largest absolute Gasteiger partial charge is 0.456 e. The molecule has 55 heavy (non-hydrogen) atoms. The Hall–Kier alpha value is -7.36. The molecule has 3 heteroatoms. The Labute approximate surface area is 318 Å². The van der Waals surface area contributed by atoms with Crippen LogP contribution in [-0.4, -0.2) is 4.57 Å². The summed E-state index contributed by atoms with van der Waals surface area (Å²) in [6.07, 6.45) is 0. The van der Waals surface area contributed by atoms with Crippen LogP contribution in [0.3, 0.4) is 0 Å². The highest BCUT2D eigenvalue weighted by atomic mass is 16.3. The number of benzene rings is 9. The molecule has 0 fully saturated rings. The monoisotopic (exact) mass is 702 g/mol. The minimum absolute atomic E-state index is 0.885. The van der Waals surface area contributed by atoms with Gasteiger partial charge in [-0.2, -0.15) is 0 Å². The van der Waals surface area contributed by atoms with E-state index in [0.29, 0.717) is 0 Å². The molecule has 0 aliphatic heterocycles. The molecule has 2 heterocycles. The number of para-hydroxylation sites is 2. The van der Waals surface area contributed by atoms with Crippen LogP contribution in [0.5, 0.6) is 0 Å². The zero-order valence-electron chi connectivity index (χ0n) is 29.9. The van der Waals surface area contributed by atoms with E-state index in [9.17, 15) is 0 Å². The Kier molecular flexibility index (Phi) is 7.17. The second-order valence-corrected chi connectivity index (χ2v) is 14.2.